The van der Waals surface area contributed by atoms with Gasteiger partial charge in [-0.3, -0.25) is 14.5 Å². The zero-order valence-corrected chi connectivity index (χ0v) is 23.2. The lowest BCUT2D eigenvalue weighted by Crippen LogP contribution is -2.60. The third-order valence-corrected chi connectivity index (χ3v) is 9.39. The lowest BCUT2D eigenvalue weighted by atomic mass is 9.92. The minimum Gasteiger partial charge on any atom is -0.477 e. The maximum atomic E-state index is 15.2. The molecule has 3 aliphatic heterocycles. The molecule has 2 saturated heterocycles. The molecule has 4 aliphatic rings. The van der Waals surface area contributed by atoms with Crippen molar-refractivity contribution in [1.29, 1.82) is 0 Å². The number of hydrogen-bond donors (Lipinski definition) is 3. The summed E-state index contributed by atoms with van der Waals surface area (Å²) in [5.41, 5.74) is -0.729. The standard InChI is InChI=1S/C27H27FN4O9S/c1-12(33)20-23(35)32-21(26(38)39)19(42-24(20)32)11-41-27(40)30-6-4-29(5-7-30)18-9-17-14(8-16(18)28)22(34)15(25(36)37)10-31(17)13-2-3-13/h8-10,12-13,20,24,33H,2-7,11H2,1H3,(H,36,37)(H,38,39)/t12-,20?,24?/m1/s1. The number of β-lactam (4-membered cyclic amide) rings is 1. The molecule has 2 amide bonds. The second-order valence-corrected chi connectivity index (χ2v) is 11.9. The predicted molar refractivity (Wildman–Crippen MR) is 147 cm³/mol. The number of halogens is 1. The molecule has 3 N–H and O–H groups in total. The van der Waals surface area contributed by atoms with Gasteiger partial charge in [-0.25, -0.2) is 18.8 Å². The minimum atomic E-state index is -1.37. The summed E-state index contributed by atoms with van der Waals surface area (Å²) in [5.74, 6) is -4.60. The SMILES string of the molecule is C[C@@H](O)C1C(=O)N2C(C(=O)O)=C(COC(=O)N3CCN(c4cc5c(cc4F)c(=O)c(C(=O)O)cn5C4CC4)CC3)SC12. The monoisotopic (exact) mass is 602 g/mol. The quantitative estimate of drug-likeness (QED) is 0.394. The summed E-state index contributed by atoms with van der Waals surface area (Å²) >= 11 is 1.08. The van der Waals surface area contributed by atoms with Crippen LogP contribution in [0, 0.1) is 11.7 Å². The van der Waals surface area contributed by atoms with E-state index in [-0.39, 0.29) is 60.5 Å². The molecule has 42 heavy (non-hydrogen) atoms. The number of aromatic carboxylic acids is 1. The number of hydrogen-bond acceptors (Lipinski definition) is 9. The van der Waals surface area contributed by atoms with E-state index in [9.17, 15) is 39.3 Å². The number of aliphatic hydroxyl groups is 1. The maximum absolute atomic E-state index is 15.2. The van der Waals surface area contributed by atoms with Crippen LogP contribution >= 0.6 is 11.8 Å². The lowest BCUT2D eigenvalue weighted by Gasteiger charge is -2.43. The van der Waals surface area contributed by atoms with Gasteiger partial charge in [0.15, 0.2) is 0 Å². The van der Waals surface area contributed by atoms with Gasteiger partial charge < -0.3 is 34.4 Å². The van der Waals surface area contributed by atoms with Gasteiger partial charge in [-0.1, -0.05) is 11.8 Å². The van der Waals surface area contributed by atoms with Crippen molar-refractivity contribution in [2.24, 2.45) is 5.92 Å². The molecule has 0 spiro atoms. The van der Waals surface area contributed by atoms with Gasteiger partial charge in [0.1, 0.15) is 29.1 Å². The summed E-state index contributed by atoms with van der Waals surface area (Å²) in [5, 5.41) is 28.4. The van der Waals surface area contributed by atoms with E-state index >= 15 is 4.39 Å². The first kappa shape index (κ1) is 28.0. The highest BCUT2D eigenvalue weighted by Gasteiger charge is 2.57. The number of carboxylic acids is 2. The molecule has 3 atom stereocenters. The summed E-state index contributed by atoms with van der Waals surface area (Å²) in [6.07, 6.45) is 1.32. The van der Waals surface area contributed by atoms with Gasteiger partial charge in [0.25, 0.3) is 0 Å². The molecule has 1 saturated carbocycles. The average molecular weight is 603 g/mol. The number of amides is 2. The summed E-state index contributed by atoms with van der Waals surface area (Å²) in [6, 6.07) is 2.66. The van der Waals surface area contributed by atoms with E-state index in [0.29, 0.717) is 5.52 Å². The largest absolute Gasteiger partial charge is 0.477 e. The number of piperazine rings is 1. The Labute approximate surface area is 241 Å². The first-order valence-electron chi connectivity index (χ1n) is 13.4. The Balaban J connectivity index is 1.13. The van der Waals surface area contributed by atoms with E-state index in [1.54, 1.807) is 15.5 Å². The number of carbonyl (C=O) groups is 4. The van der Waals surface area contributed by atoms with Crippen molar-refractivity contribution in [2.75, 3.05) is 37.7 Å². The molecule has 1 aromatic carbocycles. The molecule has 6 rings (SSSR count). The maximum Gasteiger partial charge on any atom is 0.410 e. The van der Waals surface area contributed by atoms with Crippen molar-refractivity contribution >= 4 is 52.3 Å². The topological polar surface area (TPSA) is 170 Å². The van der Waals surface area contributed by atoms with Crippen LogP contribution < -0.4 is 10.3 Å². The molecular formula is C27H27FN4O9S. The Morgan fingerprint density at radius 2 is 1.79 bits per heavy atom. The summed E-state index contributed by atoms with van der Waals surface area (Å²) in [7, 11) is 0. The van der Waals surface area contributed by atoms with Crippen LogP contribution in [0.2, 0.25) is 0 Å². The van der Waals surface area contributed by atoms with Crippen LogP contribution in [0.3, 0.4) is 0 Å². The van der Waals surface area contributed by atoms with Gasteiger partial charge in [-0.2, -0.15) is 0 Å². The fourth-order valence-electron chi connectivity index (χ4n) is 5.71. The van der Waals surface area contributed by atoms with E-state index in [1.165, 1.54) is 18.0 Å². The number of aliphatic carboxylic acids is 1. The van der Waals surface area contributed by atoms with Crippen LogP contribution in [-0.4, -0.2) is 97.9 Å². The number of ether oxygens (including phenoxy) is 1. The van der Waals surface area contributed by atoms with Crippen LogP contribution in [-0.2, 0) is 14.3 Å². The smallest absolute Gasteiger partial charge is 0.410 e. The van der Waals surface area contributed by atoms with Gasteiger partial charge >= 0.3 is 18.0 Å². The number of aromatic nitrogens is 1. The minimum absolute atomic E-state index is 0.00342. The number of anilines is 1. The van der Waals surface area contributed by atoms with E-state index < -0.39 is 58.1 Å². The third-order valence-electron chi connectivity index (χ3n) is 8.05. The highest BCUT2D eigenvalue weighted by Crippen LogP contribution is 2.50. The normalized spacial score (nSPS) is 22.7. The Morgan fingerprint density at radius 1 is 1.10 bits per heavy atom. The molecule has 13 nitrogen and oxygen atoms in total. The highest BCUT2D eigenvalue weighted by molar-refractivity contribution is 8.04. The molecule has 2 unspecified atom stereocenters. The van der Waals surface area contributed by atoms with Crippen LogP contribution in [0.1, 0.15) is 36.2 Å². The van der Waals surface area contributed by atoms with E-state index in [4.69, 9.17) is 4.74 Å². The zero-order chi connectivity index (χ0) is 30.0. The Bertz CT molecular complexity index is 1630. The third kappa shape index (κ3) is 4.56. The van der Waals surface area contributed by atoms with Crippen molar-refractivity contribution in [3.8, 4) is 0 Å². The van der Waals surface area contributed by atoms with Crippen molar-refractivity contribution in [1.82, 2.24) is 14.4 Å². The molecule has 1 aliphatic carbocycles. The van der Waals surface area contributed by atoms with Crippen LogP contribution in [0.4, 0.5) is 14.9 Å². The van der Waals surface area contributed by atoms with Gasteiger partial charge in [0.05, 0.1) is 28.1 Å². The summed E-state index contributed by atoms with van der Waals surface area (Å²) in [4.78, 5) is 65.8. The highest BCUT2D eigenvalue weighted by atomic mass is 32.2. The number of pyridine rings is 1. The predicted octanol–water partition coefficient (Wildman–Crippen LogP) is 1.64. The van der Waals surface area contributed by atoms with E-state index in [2.05, 4.69) is 0 Å². The number of carbonyl (C=O) groups excluding carboxylic acids is 2. The number of thioether (sulfide) groups is 1. The fourth-order valence-corrected chi connectivity index (χ4v) is 7.23. The number of nitrogens with zero attached hydrogens (tertiary/aromatic N) is 4. The van der Waals surface area contributed by atoms with Gasteiger partial charge in [-0.05, 0) is 31.9 Å². The number of benzene rings is 1. The first-order valence-corrected chi connectivity index (χ1v) is 14.3. The molecule has 2 aromatic rings. The molecule has 15 heteroatoms. The van der Waals surface area contributed by atoms with Crippen molar-refractivity contribution in [3.05, 3.63) is 50.5 Å². The Morgan fingerprint density at radius 3 is 2.38 bits per heavy atom. The van der Waals surface area contributed by atoms with Gasteiger partial charge in [0.2, 0.25) is 11.3 Å². The van der Waals surface area contributed by atoms with Crippen molar-refractivity contribution in [2.45, 2.75) is 37.3 Å². The molecule has 222 valence electrons. The van der Waals surface area contributed by atoms with Gasteiger partial charge in [0, 0.05) is 43.8 Å². The summed E-state index contributed by atoms with van der Waals surface area (Å²) in [6.45, 7) is 1.96. The van der Waals surface area contributed by atoms with Crippen molar-refractivity contribution < 1.29 is 43.6 Å². The second kappa shape index (κ2) is 10.3. The number of carboxylic acid groups (broad SMARTS) is 2. The number of rotatable bonds is 7. The molecule has 1 aromatic heterocycles. The first-order chi connectivity index (χ1) is 20.0. The van der Waals surface area contributed by atoms with Crippen LogP contribution in [0.15, 0.2) is 33.7 Å². The molecule has 4 heterocycles. The van der Waals surface area contributed by atoms with Crippen LogP contribution in [0.25, 0.3) is 10.9 Å². The molecule has 0 radical (unpaired) electrons. The number of aliphatic hydroxyl groups excluding tert-OH is 1. The Kier molecular flexibility index (Phi) is 6.88. The van der Waals surface area contributed by atoms with Crippen LogP contribution in [0.5, 0.6) is 0 Å². The zero-order valence-electron chi connectivity index (χ0n) is 22.4. The van der Waals surface area contributed by atoms with E-state index in [1.807, 2.05) is 0 Å². The fraction of sp³-hybridized carbons (Fsp3) is 0.444. The van der Waals surface area contributed by atoms with Gasteiger partial charge in [-0.15, -0.1) is 0 Å². The molecule has 0 bridgehead atoms. The average Bonchev–Trinajstić information content (AvgIpc) is 3.73. The second-order valence-electron chi connectivity index (χ2n) is 10.7. The molecular weight excluding hydrogens is 575 g/mol. The molecule has 3 fully saturated rings. The van der Waals surface area contributed by atoms with Crippen molar-refractivity contribution in [3.63, 3.8) is 0 Å². The van der Waals surface area contributed by atoms with E-state index in [0.717, 1.165) is 35.6 Å². The summed E-state index contributed by atoms with van der Waals surface area (Å²) < 4.78 is 22.4. The Hall–Kier alpha value is -4.11. The lowest BCUT2D eigenvalue weighted by molar-refractivity contribution is -0.156. The number of fused-ring (bicyclic) bond motifs is 2.